The minimum Gasteiger partial charge on any atom is -0.481 e. The van der Waals surface area contributed by atoms with Gasteiger partial charge in [-0.25, -0.2) is 0 Å². The van der Waals surface area contributed by atoms with Crippen molar-refractivity contribution in [1.29, 1.82) is 0 Å². The molecule has 0 aromatic carbocycles. The second-order valence-corrected chi connectivity index (χ2v) is 14.6. The van der Waals surface area contributed by atoms with Gasteiger partial charge in [0.1, 0.15) is 6.10 Å². The molecule has 0 spiro atoms. The largest absolute Gasteiger partial charge is 0.481 e. The molecule has 0 aliphatic heterocycles. The lowest BCUT2D eigenvalue weighted by Gasteiger charge is -2.58. The van der Waals surface area contributed by atoms with Crippen molar-refractivity contribution < 1.29 is 19.4 Å². The highest BCUT2D eigenvalue weighted by Gasteiger charge is 2.59. The Morgan fingerprint density at radius 2 is 1.71 bits per heavy atom. The summed E-state index contributed by atoms with van der Waals surface area (Å²) in [6.45, 7) is 12.5. The summed E-state index contributed by atoms with van der Waals surface area (Å²) in [4.78, 5) is 23.1. The van der Waals surface area contributed by atoms with Gasteiger partial charge in [0.25, 0.3) is 0 Å². The molecule has 4 nitrogen and oxygen atoms in total. The number of carboxylic acid groups (broad SMARTS) is 1. The normalized spacial score (nSPS) is 37.1. The molecule has 0 amide bonds. The second-order valence-electron chi connectivity index (χ2n) is 14.6. The van der Waals surface area contributed by atoms with Crippen LogP contribution < -0.4 is 0 Å². The molecule has 4 rings (SSSR count). The van der Waals surface area contributed by atoms with E-state index in [1.807, 2.05) is 0 Å². The second kappa shape index (κ2) is 12.5. The average molecular weight is 529 g/mol. The molecule has 4 aliphatic rings. The monoisotopic (exact) mass is 528 g/mol. The van der Waals surface area contributed by atoms with Crippen LogP contribution in [-0.4, -0.2) is 23.1 Å². The van der Waals surface area contributed by atoms with Crippen molar-refractivity contribution in [3.63, 3.8) is 0 Å². The van der Waals surface area contributed by atoms with Gasteiger partial charge in [0.15, 0.2) is 0 Å². The standard InChI is InChI=1S/C34H56O4/c1-23(2)10-9-11-24(3)28-16-17-29-27-15-14-25-22-26(38-32(37)13-8-6-7-12-31(35)36)18-20-33(25,4)30(27)19-21-34(28,29)5/h14,23-24,26-30H,6-13,15-22H2,1-5H3,(H,35,36)/t24-,26?,27+,28-,29+,30+,33+,34-/m1/s1. The van der Waals surface area contributed by atoms with Gasteiger partial charge in [-0.1, -0.05) is 72.0 Å². The molecule has 1 unspecified atom stereocenters. The summed E-state index contributed by atoms with van der Waals surface area (Å²) in [6, 6.07) is 0. The molecule has 38 heavy (non-hydrogen) atoms. The van der Waals surface area contributed by atoms with Crippen molar-refractivity contribution in [3.05, 3.63) is 11.6 Å². The highest BCUT2D eigenvalue weighted by atomic mass is 16.5. The molecule has 3 fully saturated rings. The van der Waals surface area contributed by atoms with Crippen molar-refractivity contribution in [2.45, 2.75) is 143 Å². The quantitative estimate of drug-likeness (QED) is 0.156. The predicted octanol–water partition coefficient (Wildman–Crippen LogP) is 8.97. The number of ether oxygens (including phenoxy) is 1. The van der Waals surface area contributed by atoms with Gasteiger partial charge in [0, 0.05) is 19.3 Å². The molecule has 4 heteroatoms. The molecule has 0 heterocycles. The minimum absolute atomic E-state index is 0.0220. The number of allylic oxidation sites excluding steroid dienone is 1. The van der Waals surface area contributed by atoms with Crippen LogP contribution in [0, 0.1) is 46.3 Å². The zero-order valence-electron chi connectivity index (χ0n) is 25.1. The fraction of sp³-hybridized carbons (Fsp3) is 0.882. The van der Waals surface area contributed by atoms with Crippen LogP contribution in [0.5, 0.6) is 0 Å². The third kappa shape index (κ3) is 6.35. The van der Waals surface area contributed by atoms with Crippen molar-refractivity contribution in [3.8, 4) is 0 Å². The van der Waals surface area contributed by atoms with Crippen LogP contribution in [0.4, 0.5) is 0 Å². The Morgan fingerprint density at radius 3 is 2.45 bits per heavy atom. The Kier molecular flexibility index (Phi) is 9.73. The molecular formula is C34H56O4. The van der Waals surface area contributed by atoms with E-state index in [2.05, 4.69) is 40.7 Å². The maximum atomic E-state index is 12.5. The molecule has 0 bridgehead atoms. The Bertz CT molecular complexity index is 861. The smallest absolute Gasteiger partial charge is 0.306 e. The lowest BCUT2D eigenvalue weighted by atomic mass is 9.47. The first-order valence-electron chi connectivity index (χ1n) is 16.2. The number of carbonyl (C=O) groups is 2. The van der Waals surface area contributed by atoms with E-state index < -0.39 is 5.97 Å². The van der Waals surface area contributed by atoms with Gasteiger partial charge in [-0.15, -0.1) is 0 Å². The van der Waals surface area contributed by atoms with E-state index in [1.54, 1.807) is 5.57 Å². The lowest BCUT2D eigenvalue weighted by molar-refractivity contribution is -0.151. The first kappa shape index (κ1) is 29.7. The van der Waals surface area contributed by atoms with Crippen LogP contribution in [0.15, 0.2) is 11.6 Å². The molecule has 0 saturated heterocycles. The summed E-state index contributed by atoms with van der Waals surface area (Å²) in [5, 5.41) is 8.76. The third-order valence-corrected chi connectivity index (χ3v) is 11.8. The van der Waals surface area contributed by atoms with E-state index in [1.165, 1.54) is 51.4 Å². The Morgan fingerprint density at radius 1 is 0.947 bits per heavy atom. The van der Waals surface area contributed by atoms with Gasteiger partial charge in [-0.3, -0.25) is 9.59 Å². The fourth-order valence-electron chi connectivity index (χ4n) is 9.72. The molecular weight excluding hydrogens is 472 g/mol. The number of carboxylic acids is 1. The van der Waals surface area contributed by atoms with Gasteiger partial charge in [0.2, 0.25) is 0 Å². The average Bonchev–Trinajstić information content (AvgIpc) is 3.21. The van der Waals surface area contributed by atoms with Crippen LogP contribution in [0.2, 0.25) is 0 Å². The highest BCUT2D eigenvalue weighted by Crippen LogP contribution is 2.67. The van der Waals surface area contributed by atoms with E-state index in [9.17, 15) is 9.59 Å². The zero-order valence-corrected chi connectivity index (χ0v) is 25.1. The molecule has 0 radical (unpaired) electrons. The zero-order chi connectivity index (χ0) is 27.5. The minimum atomic E-state index is -0.761. The fourth-order valence-corrected chi connectivity index (χ4v) is 9.72. The van der Waals surface area contributed by atoms with Crippen LogP contribution in [-0.2, 0) is 14.3 Å². The number of rotatable bonds is 12. The number of esters is 1. The summed E-state index contributed by atoms with van der Waals surface area (Å²) < 4.78 is 5.93. The summed E-state index contributed by atoms with van der Waals surface area (Å²) in [5.74, 6) is 4.22. The number of hydrogen-bond acceptors (Lipinski definition) is 3. The third-order valence-electron chi connectivity index (χ3n) is 11.8. The highest BCUT2D eigenvalue weighted by molar-refractivity contribution is 5.69. The number of carbonyl (C=O) groups excluding carboxylic acids is 1. The van der Waals surface area contributed by atoms with Gasteiger partial charge >= 0.3 is 11.9 Å². The lowest BCUT2D eigenvalue weighted by Crippen LogP contribution is -2.51. The topological polar surface area (TPSA) is 63.6 Å². The van der Waals surface area contributed by atoms with Crippen LogP contribution in [0.1, 0.15) is 137 Å². The number of fused-ring (bicyclic) bond motifs is 5. The van der Waals surface area contributed by atoms with Crippen molar-refractivity contribution >= 4 is 11.9 Å². The molecule has 0 aromatic heterocycles. The summed E-state index contributed by atoms with van der Waals surface area (Å²) in [5.41, 5.74) is 2.38. The molecule has 8 atom stereocenters. The summed E-state index contributed by atoms with van der Waals surface area (Å²) in [7, 11) is 0. The van der Waals surface area contributed by atoms with Gasteiger partial charge < -0.3 is 9.84 Å². The summed E-state index contributed by atoms with van der Waals surface area (Å²) >= 11 is 0. The van der Waals surface area contributed by atoms with Gasteiger partial charge in [-0.05, 0) is 104 Å². The Balaban J connectivity index is 1.32. The van der Waals surface area contributed by atoms with E-state index in [0.29, 0.717) is 18.3 Å². The maximum Gasteiger partial charge on any atom is 0.306 e. The first-order valence-corrected chi connectivity index (χ1v) is 16.2. The maximum absolute atomic E-state index is 12.5. The van der Waals surface area contributed by atoms with Gasteiger partial charge in [-0.2, -0.15) is 0 Å². The molecule has 3 saturated carbocycles. The Labute approximate surface area is 232 Å². The summed E-state index contributed by atoms with van der Waals surface area (Å²) in [6.07, 6.45) is 19.4. The first-order chi connectivity index (χ1) is 18.0. The van der Waals surface area contributed by atoms with Crippen LogP contribution in [0.3, 0.4) is 0 Å². The van der Waals surface area contributed by atoms with Crippen molar-refractivity contribution in [1.82, 2.24) is 0 Å². The van der Waals surface area contributed by atoms with E-state index in [0.717, 1.165) is 67.6 Å². The molecule has 1 N–H and O–H groups in total. The SMILES string of the molecule is CC(C)CCC[C@@H](C)[C@H]1CC[C@H]2[C@@H]3CC=C4CC(OC(=O)CCCCCC(=O)O)CC[C@]4(C)[C@H]3CC[C@]12C. The number of aliphatic carboxylic acids is 1. The predicted molar refractivity (Wildman–Crippen MR) is 154 cm³/mol. The molecule has 0 aromatic rings. The number of hydrogen-bond donors (Lipinski definition) is 1. The van der Waals surface area contributed by atoms with E-state index in [4.69, 9.17) is 9.84 Å². The van der Waals surface area contributed by atoms with Crippen molar-refractivity contribution in [2.24, 2.45) is 46.3 Å². The Hall–Kier alpha value is -1.32. The van der Waals surface area contributed by atoms with Crippen LogP contribution >= 0.6 is 0 Å². The van der Waals surface area contributed by atoms with Crippen LogP contribution in [0.25, 0.3) is 0 Å². The van der Waals surface area contributed by atoms with E-state index >= 15 is 0 Å². The van der Waals surface area contributed by atoms with Crippen molar-refractivity contribution in [2.75, 3.05) is 0 Å². The van der Waals surface area contributed by atoms with Gasteiger partial charge in [0.05, 0.1) is 0 Å². The van der Waals surface area contributed by atoms with E-state index in [-0.39, 0.29) is 23.9 Å². The molecule has 4 aliphatic carbocycles. The number of unbranched alkanes of at least 4 members (excludes halogenated alkanes) is 2. The molecule has 216 valence electrons.